The van der Waals surface area contributed by atoms with Crippen LogP contribution >= 0.6 is 15.9 Å². The average molecular weight is 396 g/mol. The zero-order valence-corrected chi connectivity index (χ0v) is 16.1. The molecule has 0 bridgehead atoms. The van der Waals surface area contributed by atoms with E-state index in [1.807, 2.05) is 24.3 Å². The largest absolute Gasteiger partial charge is 0.489 e. The van der Waals surface area contributed by atoms with Crippen molar-refractivity contribution in [3.05, 3.63) is 93.5 Å². The number of ether oxygens (including phenoxy) is 1. The van der Waals surface area contributed by atoms with Crippen molar-refractivity contribution in [1.82, 2.24) is 0 Å². The van der Waals surface area contributed by atoms with Crippen molar-refractivity contribution < 1.29 is 4.74 Å². The zero-order chi connectivity index (χ0) is 17.6. The van der Waals surface area contributed by atoms with Crippen LogP contribution in [0, 0.1) is 13.8 Å². The van der Waals surface area contributed by atoms with Gasteiger partial charge in [-0.05, 0) is 66.4 Å². The van der Waals surface area contributed by atoms with Crippen LogP contribution < -0.4 is 10.1 Å². The van der Waals surface area contributed by atoms with Crippen molar-refractivity contribution in [3.63, 3.8) is 0 Å². The third-order valence-corrected chi connectivity index (χ3v) is 4.65. The first-order chi connectivity index (χ1) is 12.1. The predicted molar refractivity (Wildman–Crippen MR) is 108 cm³/mol. The van der Waals surface area contributed by atoms with E-state index in [4.69, 9.17) is 4.74 Å². The van der Waals surface area contributed by atoms with Gasteiger partial charge in [-0.3, -0.25) is 0 Å². The van der Waals surface area contributed by atoms with E-state index in [0.29, 0.717) is 6.61 Å². The number of hydrogen-bond acceptors (Lipinski definition) is 2. The summed E-state index contributed by atoms with van der Waals surface area (Å²) in [5.74, 6) is 0.887. The Morgan fingerprint density at radius 2 is 1.52 bits per heavy atom. The van der Waals surface area contributed by atoms with Crippen molar-refractivity contribution >= 4 is 21.6 Å². The van der Waals surface area contributed by atoms with Crippen molar-refractivity contribution in [2.75, 3.05) is 5.32 Å². The molecule has 0 aliphatic carbocycles. The Labute approximate surface area is 158 Å². The lowest BCUT2D eigenvalue weighted by atomic mass is 10.1. The molecule has 0 atom stereocenters. The lowest BCUT2D eigenvalue weighted by Gasteiger charge is -2.11. The molecule has 0 aromatic heterocycles. The molecule has 0 radical (unpaired) electrons. The van der Waals surface area contributed by atoms with Gasteiger partial charge in [0.15, 0.2) is 0 Å². The van der Waals surface area contributed by atoms with E-state index in [1.54, 1.807) is 0 Å². The van der Waals surface area contributed by atoms with Crippen molar-refractivity contribution in [1.29, 1.82) is 0 Å². The molecule has 0 heterocycles. The minimum absolute atomic E-state index is 0.577. The van der Waals surface area contributed by atoms with E-state index in [-0.39, 0.29) is 0 Å². The summed E-state index contributed by atoms with van der Waals surface area (Å²) in [6.45, 7) is 5.62. The van der Waals surface area contributed by atoms with Gasteiger partial charge in [0.25, 0.3) is 0 Å². The predicted octanol–water partition coefficient (Wildman–Crippen LogP) is 6.26. The van der Waals surface area contributed by atoms with Crippen LogP contribution in [0.4, 0.5) is 5.69 Å². The molecule has 3 aromatic carbocycles. The van der Waals surface area contributed by atoms with Gasteiger partial charge in [-0.2, -0.15) is 0 Å². The summed E-state index contributed by atoms with van der Waals surface area (Å²) in [7, 11) is 0. The molecule has 3 aromatic rings. The number of benzene rings is 3. The first kappa shape index (κ1) is 17.6. The molecule has 0 spiro atoms. The summed E-state index contributed by atoms with van der Waals surface area (Å²) >= 11 is 3.44. The second-order valence-corrected chi connectivity index (χ2v) is 7.15. The molecule has 0 aliphatic heterocycles. The standard InChI is InChI=1S/C22H22BrNO/c1-16-3-4-17(2)22(13-16)24-14-18-7-11-21(12-8-18)25-15-19-5-9-20(23)10-6-19/h3-13,24H,14-15H2,1-2H3. The lowest BCUT2D eigenvalue weighted by Crippen LogP contribution is -2.01. The minimum Gasteiger partial charge on any atom is -0.489 e. The van der Waals surface area contributed by atoms with E-state index < -0.39 is 0 Å². The summed E-state index contributed by atoms with van der Waals surface area (Å²) in [6.07, 6.45) is 0. The number of anilines is 1. The first-order valence-electron chi connectivity index (χ1n) is 8.37. The van der Waals surface area contributed by atoms with Crippen LogP contribution in [0.1, 0.15) is 22.3 Å². The number of nitrogens with one attached hydrogen (secondary N) is 1. The van der Waals surface area contributed by atoms with Gasteiger partial charge < -0.3 is 10.1 Å². The Hall–Kier alpha value is -2.26. The van der Waals surface area contributed by atoms with Crippen molar-refractivity contribution in [2.45, 2.75) is 27.0 Å². The number of halogens is 1. The Morgan fingerprint density at radius 1 is 0.840 bits per heavy atom. The monoisotopic (exact) mass is 395 g/mol. The van der Waals surface area contributed by atoms with Crippen LogP contribution in [0.5, 0.6) is 5.75 Å². The van der Waals surface area contributed by atoms with Crippen LogP contribution in [0.3, 0.4) is 0 Å². The topological polar surface area (TPSA) is 21.3 Å². The fraction of sp³-hybridized carbons (Fsp3) is 0.182. The highest BCUT2D eigenvalue weighted by molar-refractivity contribution is 9.10. The van der Waals surface area contributed by atoms with Crippen molar-refractivity contribution in [3.8, 4) is 5.75 Å². The number of rotatable bonds is 6. The molecule has 2 nitrogen and oxygen atoms in total. The Morgan fingerprint density at radius 3 is 2.24 bits per heavy atom. The maximum absolute atomic E-state index is 5.85. The third-order valence-electron chi connectivity index (χ3n) is 4.12. The van der Waals surface area contributed by atoms with Crippen LogP contribution in [-0.2, 0) is 13.2 Å². The molecular formula is C22H22BrNO. The molecule has 0 fully saturated rings. The molecule has 128 valence electrons. The normalized spacial score (nSPS) is 10.5. The van der Waals surface area contributed by atoms with Crippen LogP contribution in [0.15, 0.2) is 71.2 Å². The molecule has 1 N–H and O–H groups in total. The molecule has 0 saturated carbocycles. The van der Waals surface area contributed by atoms with Gasteiger partial charge >= 0.3 is 0 Å². The molecular weight excluding hydrogens is 374 g/mol. The van der Waals surface area contributed by atoms with E-state index >= 15 is 0 Å². The molecule has 0 aliphatic rings. The quantitative estimate of drug-likeness (QED) is 0.531. The smallest absolute Gasteiger partial charge is 0.119 e. The third kappa shape index (κ3) is 5.10. The molecule has 0 unspecified atom stereocenters. The van der Waals surface area contributed by atoms with Gasteiger partial charge in [-0.15, -0.1) is 0 Å². The van der Waals surface area contributed by atoms with E-state index in [1.165, 1.54) is 22.4 Å². The Bertz CT molecular complexity index is 826. The van der Waals surface area contributed by atoms with E-state index in [2.05, 4.69) is 77.6 Å². The molecule has 0 saturated heterocycles. The van der Waals surface area contributed by atoms with Crippen LogP contribution in [-0.4, -0.2) is 0 Å². The lowest BCUT2D eigenvalue weighted by molar-refractivity contribution is 0.306. The van der Waals surface area contributed by atoms with Gasteiger partial charge in [-0.1, -0.05) is 52.3 Å². The fourth-order valence-corrected chi connectivity index (χ4v) is 2.84. The van der Waals surface area contributed by atoms with Crippen molar-refractivity contribution in [2.24, 2.45) is 0 Å². The number of aryl methyl sites for hydroxylation is 2. The SMILES string of the molecule is Cc1ccc(C)c(NCc2ccc(OCc3ccc(Br)cc3)cc2)c1. The highest BCUT2D eigenvalue weighted by atomic mass is 79.9. The average Bonchev–Trinajstić information content (AvgIpc) is 2.63. The minimum atomic E-state index is 0.577. The van der Waals surface area contributed by atoms with Gasteiger partial charge in [0, 0.05) is 16.7 Å². The summed E-state index contributed by atoms with van der Waals surface area (Å²) in [5, 5.41) is 3.51. The Balaban J connectivity index is 1.55. The molecule has 3 heteroatoms. The summed E-state index contributed by atoms with van der Waals surface area (Å²) < 4.78 is 6.93. The second kappa shape index (κ2) is 8.21. The number of hydrogen-bond donors (Lipinski definition) is 1. The second-order valence-electron chi connectivity index (χ2n) is 6.23. The zero-order valence-electron chi connectivity index (χ0n) is 14.6. The van der Waals surface area contributed by atoms with Crippen LogP contribution in [0.2, 0.25) is 0 Å². The summed E-state index contributed by atoms with van der Waals surface area (Å²) in [6, 6.07) is 22.9. The maximum atomic E-state index is 5.85. The molecule has 3 rings (SSSR count). The summed E-state index contributed by atoms with van der Waals surface area (Å²) in [4.78, 5) is 0. The van der Waals surface area contributed by atoms with Gasteiger partial charge in [0.2, 0.25) is 0 Å². The summed E-state index contributed by atoms with van der Waals surface area (Å²) in [5.41, 5.74) is 6.11. The fourth-order valence-electron chi connectivity index (χ4n) is 2.57. The van der Waals surface area contributed by atoms with Crippen LogP contribution in [0.25, 0.3) is 0 Å². The maximum Gasteiger partial charge on any atom is 0.119 e. The highest BCUT2D eigenvalue weighted by Gasteiger charge is 2.00. The molecule has 0 amide bonds. The highest BCUT2D eigenvalue weighted by Crippen LogP contribution is 2.19. The Kier molecular flexibility index (Phi) is 5.77. The van der Waals surface area contributed by atoms with E-state index in [0.717, 1.165) is 22.3 Å². The first-order valence-corrected chi connectivity index (χ1v) is 9.17. The van der Waals surface area contributed by atoms with Gasteiger partial charge in [0.1, 0.15) is 12.4 Å². The van der Waals surface area contributed by atoms with Gasteiger partial charge in [-0.25, -0.2) is 0 Å². The molecule has 25 heavy (non-hydrogen) atoms. The van der Waals surface area contributed by atoms with Gasteiger partial charge in [0.05, 0.1) is 0 Å². The van der Waals surface area contributed by atoms with E-state index in [9.17, 15) is 0 Å².